The third-order valence-corrected chi connectivity index (χ3v) is 5.06. The van der Waals surface area contributed by atoms with E-state index in [9.17, 15) is 4.39 Å². The number of hydrogen-bond donors (Lipinski definition) is 1. The zero-order valence-corrected chi connectivity index (χ0v) is 12.6. The largest absolute Gasteiger partial charge is 0.367 e. The predicted molar refractivity (Wildman–Crippen MR) is 82.9 cm³/mol. The van der Waals surface area contributed by atoms with Crippen LogP contribution < -0.4 is 10.2 Å². The van der Waals surface area contributed by atoms with Crippen LogP contribution in [0.5, 0.6) is 0 Å². The van der Waals surface area contributed by atoms with Gasteiger partial charge >= 0.3 is 0 Å². The first-order valence-corrected chi connectivity index (χ1v) is 7.84. The first-order chi connectivity index (χ1) is 9.69. The minimum absolute atomic E-state index is 0.143. The highest BCUT2D eigenvalue weighted by atomic mass is 32.1. The van der Waals surface area contributed by atoms with E-state index in [1.165, 1.54) is 10.4 Å². The summed E-state index contributed by atoms with van der Waals surface area (Å²) in [7, 11) is 1.91. The predicted octanol–water partition coefficient (Wildman–Crippen LogP) is 3.73. The molecule has 0 aliphatic carbocycles. The van der Waals surface area contributed by atoms with Gasteiger partial charge in [-0.15, -0.1) is 11.3 Å². The zero-order chi connectivity index (χ0) is 14.1. The van der Waals surface area contributed by atoms with Gasteiger partial charge in [0.1, 0.15) is 5.82 Å². The van der Waals surface area contributed by atoms with Crippen LogP contribution in [0.25, 0.3) is 0 Å². The molecule has 1 atom stereocenters. The summed E-state index contributed by atoms with van der Waals surface area (Å²) in [6.07, 6.45) is 1.08. The van der Waals surface area contributed by atoms with Crippen molar-refractivity contribution in [2.75, 3.05) is 18.5 Å². The van der Waals surface area contributed by atoms with Crippen LogP contribution in [0.3, 0.4) is 0 Å². The fraction of sp³-hybridized carbons (Fsp3) is 0.375. The number of nitrogens with zero attached hydrogens (tertiary/aromatic N) is 1. The molecule has 0 saturated heterocycles. The minimum atomic E-state index is -0.168. The SMILES string of the molecule is CNC(C)c1cc(F)ccc1N1CCc2sccc2C1. The average Bonchev–Trinajstić information content (AvgIpc) is 2.93. The fourth-order valence-corrected chi connectivity index (χ4v) is 3.66. The Morgan fingerprint density at radius 3 is 3.00 bits per heavy atom. The van der Waals surface area contributed by atoms with E-state index in [0.29, 0.717) is 0 Å². The molecule has 3 rings (SSSR count). The van der Waals surface area contributed by atoms with Crippen LogP contribution in [0.1, 0.15) is 29.0 Å². The van der Waals surface area contributed by atoms with Crippen LogP contribution in [-0.4, -0.2) is 13.6 Å². The summed E-state index contributed by atoms with van der Waals surface area (Å²) in [5.74, 6) is -0.168. The Labute approximate surface area is 123 Å². The lowest BCUT2D eigenvalue weighted by atomic mass is 10.0. The molecule has 1 aromatic heterocycles. The van der Waals surface area contributed by atoms with E-state index in [4.69, 9.17) is 0 Å². The molecule has 106 valence electrons. The molecule has 1 N–H and O–H groups in total. The van der Waals surface area contributed by atoms with Crippen molar-refractivity contribution in [3.63, 3.8) is 0 Å². The van der Waals surface area contributed by atoms with E-state index >= 15 is 0 Å². The van der Waals surface area contributed by atoms with E-state index in [0.717, 1.165) is 30.8 Å². The van der Waals surface area contributed by atoms with Crippen LogP contribution in [0.15, 0.2) is 29.6 Å². The first-order valence-electron chi connectivity index (χ1n) is 6.96. The number of halogens is 1. The monoisotopic (exact) mass is 290 g/mol. The molecule has 0 bridgehead atoms. The Balaban J connectivity index is 1.95. The van der Waals surface area contributed by atoms with Gasteiger partial charge in [-0.2, -0.15) is 0 Å². The number of anilines is 1. The van der Waals surface area contributed by atoms with Crippen molar-refractivity contribution in [2.45, 2.75) is 25.9 Å². The number of fused-ring (bicyclic) bond motifs is 1. The van der Waals surface area contributed by atoms with Crippen molar-refractivity contribution in [2.24, 2.45) is 0 Å². The molecule has 0 fully saturated rings. The van der Waals surface area contributed by atoms with Crippen molar-refractivity contribution in [1.82, 2.24) is 5.32 Å². The maximum atomic E-state index is 13.6. The standard InChI is InChI=1S/C16H19FN2S/c1-11(18-2)14-9-13(17)3-4-15(14)19-7-5-16-12(10-19)6-8-20-16/h3-4,6,8-9,11,18H,5,7,10H2,1-2H3. The Hall–Kier alpha value is -1.39. The molecule has 4 heteroatoms. The van der Waals surface area contributed by atoms with E-state index in [1.807, 2.05) is 24.5 Å². The summed E-state index contributed by atoms with van der Waals surface area (Å²) >= 11 is 1.84. The molecule has 0 saturated carbocycles. The van der Waals surface area contributed by atoms with Gasteiger partial charge in [0.25, 0.3) is 0 Å². The first kappa shape index (κ1) is 13.6. The number of nitrogens with one attached hydrogen (secondary N) is 1. The third-order valence-electron chi connectivity index (χ3n) is 4.04. The maximum absolute atomic E-state index is 13.6. The summed E-state index contributed by atoms with van der Waals surface area (Å²) in [6.45, 7) is 3.99. The quantitative estimate of drug-likeness (QED) is 0.926. The lowest BCUT2D eigenvalue weighted by Crippen LogP contribution is -2.31. The van der Waals surface area contributed by atoms with E-state index in [2.05, 4.69) is 28.6 Å². The van der Waals surface area contributed by atoms with Gasteiger partial charge in [-0.3, -0.25) is 0 Å². The lowest BCUT2D eigenvalue weighted by Gasteiger charge is -2.32. The van der Waals surface area contributed by atoms with E-state index in [1.54, 1.807) is 12.1 Å². The molecule has 2 aromatic rings. The Morgan fingerprint density at radius 1 is 1.35 bits per heavy atom. The second-order valence-electron chi connectivity index (χ2n) is 5.25. The van der Waals surface area contributed by atoms with Crippen LogP contribution >= 0.6 is 11.3 Å². The normalized spacial score (nSPS) is 16.1. The second kappa shape index (κ2) is 5.54. The van der Waals surface area contributed by atoms with Crippen LogP contribution in [0.4, 0.5) is 10.1 Å². The smallest absolute Gasteiger partial charge is 0.123 e. The molecule has 0 radical (unpaired) electrons. The van der Waals surface area contributed by atoms with Gasteiger partial charge in [0, 0.05) is 29.7 Å². The minimum Gasteiger partial charge on any atom is -0.367 e. The number of benzene rings is 1. The number of thiophene rings is 1. The Kier molecular flexibility index (Phi) is 3.76. The summed E-state index contributed by atoms with van der Waals surface area (Å²) < 4.78 is 13.6. The van der Waals surface area contributed by atoms with Crippen molar-refractivity contribution < 1.29 is 4.39 Å². The fourth-order valence-electron chi connectivity index (χ4n) is 2.77. The van der Waals surface area contributed by atoms with Crippen molar-refractivity contribution in [1.29, 1.82) is 0 Å². The van der Waals surface area contributed by atoms with Gasteiger partial charge in [-0.25, -0.2) is 4.39 Å². The molecule has 1 aliphatic rings. The Bertz CT molecular complexity index is 608. The highest BCUT2D eigenvalue weighted by Crippen LogP contribution is 2.32. The van der Waals surface area contributed by atoms with Crippen LogP contribution in [-0.2, 0) is 13.0 Å². The molecular weight excluding hydrogens is 271 g/mol. The summed E-state index contributed by atoms with van der Waals surface area (Å²) in [5, 5.41) is 5.37. The van der Waals surface area contributed by atoms with Crippen LogP contribution in [0, 0.1) is 5.82 Å². The van der Waals surface area contributed by atoms with Gasteiger partial charge in [0.05, 0.1) is 0 Å². The molecule has 1 aromatic carbocycles. The van der Waals surface area contributed by atoms with E-state index < -0.39 is 0 Å². The van der Waals surface area contributed by atoms with Crippen LogP contribution in [0.2, 0.25) is 0 Å². The number of hydrogen-bond acceptors (Lipinski definition) is 3. The Morgan fingerprint density at radius 2 is 2.20 bits per heavy atom. The zero-order valence-electron chi connectivity index (χ0n) is 11.8. The maximum Gasteiger partial charge on any atom is 0.123 e. The van der Waals surface area contributed by atoms with Crippen molar-refractivity contribution in [3.05, 3.63) is 51.5 Å². The molecule has 20 heavy (non-hydrogen) atoms. The highest BCUT2D eigenvalue weighted by molar-refractivity contribution is 7.10. The molecule has 1 unspecified atom stereocenters. The third kappa shape index (κ3) is 2.45. The van der Waals surface area contributed by atoms with Crippen molar-refractivity contribution in [3.8, 4) is 0 Å². The highest BCUT2D eigenvalue weighted by Gasteiger charge is 2.21. The van der Waals surface area contributed by atoms with Gasteiger partial charge in [-0.1, -0.05) is 0 Å². The molecule has 0 amide bonds. The summed E-state index contributed by atoms with van der Waals surface area (Å²) in [6, 6.07) is 7.47. The second-order valence-corrected chi connectivity index (χ2v) is 6.25. The number of rotatable bonds is 3. The van der Waals surface area contributed by atoms with Gasteiger partial charge in [0.15, 0.2) is 0 Å². The van der Waals surface area contributed by atoms with Crippen molar-refractivity contribution >= 4 is 17.0 Å². The lowest BCUT2D eigenvalue weighted by molar-refractivity contribution is 0.604. The average molecular weight is 290 g/mol. The molecule has 2 nitrogen and oxygen atoms in total. The molecular formula is C16H19FN2S. The van der Waals surface area contributed by atoms with Gasteiger partial charge in [-0.05, 0) is 61.2 Å². The summed E-state index contributed by atoms with van der Waals surface area (Å²) in [5.41, 5.74) is 3.59. The van der Waals surface area contributed by atoms with Gasteiger partial charge in [0.2, 0.25) is 0 Å². The topological polar surface area (TPSA) is 15.3 Å². The van der Waals surface area contributed by atoms with E-state index in [-0.39, 0.29) is 11.9 Å². The molecule has 1 aliphatic heterocycles. The van der Waals surface area contributed by atoms with Gasteiger partial charge < -0.3 is 10.2 Å². The molecule has 2 heterocycles. The summed E-state index contributed by atoms with van der Waals surface area (Å²) in [4.78, 5) is 3.85. The molecule has 0 spiro atoms.